The van der Waals surface area contributed by atoms with Crippen LogP contribution in [0.1, 0.15) is 38.2 Å². The van der Waals surface area contributed by atoms with Crippen molar-refractivity contribution in [3.8, 4) is 0 Å². The third-order valence-electron chi connectivity index (χ3n) is 4.13. The van der Waals surface area contributed by atoms with Crippen molar-refractivity contribution in [2.24, 2.45) is 16.6 Å². The molecule has 1 fully saturated rings. The molecule has 1 aromatic carbocycles. The Morgan fingerprint density at radius 2 is 2.00 bits per heavy atom. The maximum Gasteiger partial charge on any atom is 0.191 e. The van der Waals surface area contributed by atoms with E-state index in [1.165, 1.54) is 18.4 Å². The van der Waals surface area contributed by atoms with Crippen LogP contribution in [0.25, 0.3) is 0 Å². The summed E-state index contributed by atoms with van der Waals surface area (Å²) in [5.41, 5.74) is 7.51. The average molecular weight is 387 g/mol. The van der Waals surface area contributed by atoms with Crippen LogP contribution in [0.15, 0.2) is 35.3 Å². The van der Waals surface area contributed by atoms with E-state index in [9.17, 15) is 0 Å². The van der Waals surface area contributed by atoms with Gasteiger partial charge in [-0.3, -0.25) is 4.99 Å². The van der Waals surface area contributed by atoms with Crippen LogP contribution in [0, 0.1) is 5.92 Å². The first-order valence-electron chi connectivity index (χ1n) is 7.36. The lowest BCUT2D eigenvalue weighted by Gasteiger charge is -2.39. The Morgan fingerprint density at radius 1 is 1.30 bits per heavy atom. The maximum absolute atomic E-state index is 6.04. The van der Waals surface area contributed by atoms with Gasteiger partial charge in [-0.1, -0.05) is 43.7 Å². The number of nitrogens with two attached hydrogens (primary N) is 1. The summed E-state index contributed by atoms with van der Waals surface area (Å²) in [4.78, 5) is 6.58. The Bertz CT molecular complexity index is 419. The molecule has 0 amide bonds. The molecule has 2 N–H and O–H groups in total. The number of aliphatic imine (C=N–C) groups is 1. The molecule has 1 aliphatic rings. The molecule has 0 saturated carbocycles. The predicted molar refractivity (Wildman–Crippen MR) is 96.7 cm³/mol. The van der Waals surface area contributed by atoms with E-state index in [-0.39, 0.29) is 24.0 Å². The van der Waals surface area contributed by atoms with E-state index in [1.54, 1.807) is 0 Å². The molecule has 20 heavy (non-hydrogen) atoms. The Hall–Kier alpha value is -0.780. The largest absolute Gasteiger partial charge is 0.370 e. The summed E-state index contributed by atoms with van der Waals surface area (Å²) < 4.78 is 0. The highest BCUT2D eigenvalue weighted by atomic mass is 127. The summed E-state index contributed by atoms with van der Waals surface area (Å²) >= 11 is 0. The molecular formula is C16H26IN3. The van der Waals surface area contributed by atoms with Gasteiger partial charge in [0.05, 0.1) is 0 Å². The smallest absolute Gasteiger partial charge is 0.191 e. The Labute approximate surface area is 139 Å². The van der Waals surface area contributed by atoms with Crippen molar-refractivity contribution < 1.29 is 0 Å². The average Bonchev–Trinajstić information content (AvgIpc) is 2.47. The van der Waals surface area contributed by atoms with Gasteiger partial charge in [-0.15, -0.1) is 24.0 Å². The quantitative estimate of drug-likeness (QED) is 0.490. The summed E-state index contributed by atoms with van der Waals surface area (Å²) in [6.07, 6.45) is 2.36. The van der Waals surface area contributed by atoms with Crippen molar-refractivity contribution in [3.05, 3.63) is 35.9 Å². The van der Waals surface area contributed by atoms with E-state index < -0.39 is 0 Å². The molecule has 0 aliphatic carbocycles. The molecule has 0 aromatic heterocycles. The van der Waals surface area contributed by atoms with E-state index >= 15 is 0 Å². The zero-order valence-electron chi connectivity index (χ0n) is 12.5. The minimum absolute atomic E-state index is 0. The van der Waals surface area contributed by atoms with E-state index in [0.717, 1.165) is 19.6 Å². The van der Waals surface area contributed by atoms with Crippen LogP contribution in [-0.4, -0.2) is 30.5 Å². The van der Waals surface area contributed by atoms with E-state index in [0.29, 0.717) is 17.8 Å². The lowest BCUT2D eigenvalue weighted by atomic mass is 9.79. The van der Waals surface area contributed by atoms with Gasteiger partial charge in [0.2, 0.25) is 0 Å². The molecule has 3 nitrogen and oxygen atoms in total. The van der Waals surface area contributed by atoms with Crippen molar-refractivity contribution in [2.45, 2.75) is 32.6 Å². The molecule has 1 saturated heterocycles. The van der Waals surface area contributed by atoms with Crippen LogP contribution in [0.4, 0.5) is 0 Å². The van der Waals surface area contributed by atoms with Crippen LogP contribution >= 0.6 is 24.0 Å². The summed E-state index contributed by atoms with van der Waals surface area (Å²) in [7, 11) is 0. The molecule has 4 heteroatoms. The topological polar surface area (TPSA) is 41.6 Å². The highest BCUT2D eigenvalue weighted by molar-refractivity contribution is 14.0. The van der Waals surface area contributed by atoms with Gasteiger partial charge in [-0.05, 0) is 30.7 Å². The lowest BCUT2D eigenvalue weighted by Crippen LogP contribution is -2.46. The van der Waals surface area contributed by atoms with Crippen molar-refractivity contribution in [1.29, 1.82) is 0 Å². The highest BCUT2D eigenvalue weighted by Crippen LogP contribution is 2.34. The fraction of sp³-hybridized carbons (Fsp3) is 0.562. The summed E-state index contributed by atoms with van der Waals surface area (Å²) in [6.45, 7) is 7.12. The summed E-state index contributed by atoms with van der Waals surface area (Å²) in [5.74, 6) is 2.05. The Kier molecular flexibility index (Phi) is 7.34. The van der Waals surface area contributed by atoms with Crippen LogP contribution in [0.3, 0.4) is 0 Å². The van der Waals surface area contributed by atoms with Crippen molar-refractivity contribution in [2.75, 3.05) is 19.6 Å². The number of guanidine groups is 1. The van der Waals surface area contributed by atoms with Crippen molar-refractivity contribution >= 4 is 29.9 Å². The minimum Gasteiger partial charge on any atom is -0.370 e. The fourth-order valence-electron chi connectivity index (χ4n) is 3.05. The molecule has 0 spiro atoms. The first-order chi connectivity index (χ1) is 9.26. The molecule has 1 heterocycles. The second-order valence-electron chi connectivity index (χ2n) is 5.25. The monoisotopic (exact) mass is 387 g/mol. The van der Waals surface area contributed by atoms with Gasteiger partial charge in [0.15, 0.2) is 5.96 Å². The minimum atomic E-state index is 0. The lowest BCUT2D eigenvalue weighted by molar-refractivity contribution is 0.218. The second-order valence-corrected chi connectivity index (χ2v) is 5.25. The number of benzene rings is 1. The number of rotatable bonds is 3. The van der Waals surface area contributed by atoms with E-state index in [4.69, 9.17) is 5.73 Å². The number of nitrogens with zero attached hydrogens (tertiary/aromatic N) is 2. The van der Waals surface area contributed by atoms with Crippen LogP contribution < -0.4 is 5.73 Å². The van der Waals surface area contributed by atoms with Gasteiger partial charge in [0.1, 0.15) is 0 Å². The molecule has 1 aliphatic heterocycles. The van der Waals surface area contributed by atoms with Gasteiger partial charge in [-0.25, -0.2) is 0 Å². The SMILES string of the molecule is CCN=C(N)N1CCC(c2ccccc2)C(CC)C1.I. The molecule has 1 aromatic rings. The zero-order chi connectivity index (χ0) is 13.7. The fourth-order valence-corrected chi connectivity index (χ4v) is 3.05. The third-order valence-corrected chi connectivity index (χ3v) is 4.13. The number of hydrogen-bond acceptors (Lipinski definition) is 1. The number of piperidine rings is 1. The Balaban J connectivity index is 0.00000200. The van der Waals surface area contributed by atoms with Crippen molar-refractivity contribution in [3.63, 3.8) is 0 Å². The number of likely N-dealkylation sites (tertiary alicyclic amines) is 1. The second kappa shape index (κ2) is 8.49. The first-order valence-corrected chi connectivity index (χ1v) is 7.36. The molecule has 2 atom stereocenters. The molecule has 0 radical (unpaired) electrons. The van der Waals surface area contributed by atoms with Crippen LogP contribution in [0.2, 0.25) is 0 Å². The predicted octanol–water partition coefficient (Wildman–Crippen LogP) is 3.45. The number of hydrogen-bond donors (Lipinski definition) is 1. The maximum atomic E-state index is 6.04. The van der Waals surface area contributed by atoms with Crippen LogP contribution in [0.5, 0.6) is 0 Å². The molecule has 2 rings (SSSR count). The Morgan fingerprint density at radius 3 is 2.60 bits per heavy atom. The highest BCUT2D eigenvalue weighted by Gasteiger charge is 2.29. The molecule has 2 unspecified atom stereocenters. The van der Waals surface area contributed by atoms with Crippen LogP contribution in [-0.2, 0) is 0 Å². The van der Waals surface area contributed by atoms with E-state index in [2.05, 4.69) is 47.1 Å². The van der Waals surface area contributed by atoms with Crippen molar-refractivity contribution in [1.82, 2.24) is 4.90 Å². The third kappa shape index (κ3) is 4.11. The zero-order valence-corrected chi connectivity index (χ0v) is 14.8. The number of halogens is 1. The first kappa shape index (κ1) is 17.3. The molecule has 112 valence electrons. The summed E-state index contributed by atoms with van der Waals surface area (Å²) in [6, 6.07) is 10.9. The van der Waals surface area contributed by atoms with Gasteiger partial charge >= 0.3 is 0 Å². The molecular weight excluding hydrogens is 361 g/mol. The summed E-state index contributed by atoms with van der Waals surface area (Å²) in [5, 5.41) is 0. The normalized spacial score (nSPS) is 23.3. The van der Waals surface area contributed by atoms with Gasteiger partial charge < -0.3 is 10.6 Å². The van der Waals surface area contributed by atoms with Gasteiger partial charge in [0, 0.05) is 19.6 Å². The molecule has 0 bridgehead atoms. The van der Waals surface area contributed by atoms with Gasteiger partial charge in [0.25, 0.3) is 0 Å². The van der Waals surface area contributed by atoms with E-state index in [1.807, 2.05) is 6.92 Å². The standard InChI is InChI=1S/C16H25N3.HI/c1-3-13-12-19(16(17)18-4-2)11-10-15(13)14-8-6-5-7-9-14;/h5-9,13,15H,3-4,10-12H2,1-2H3,(H2,17,18);1H. The van der Waals surface area contributed by atoms with Gasteiger partial charge in [-0.2, -0.15) is 0 Å².